The van der Waals surface area contributed by atoms with E-state index in [1.807, 2.05) is 3.59 Å². The summed E-state index contributed by atoms with van der Waals surface area (Å²) >= 11 is -0.495. The summed E-state index contributed by atoms with van der Waals surface area (Å²) in [6.07, 6.45) is 21.4. The molecule has 0 aromatic rings. The first-order valence-electron chi connectivity index (χ1n) is 11.8. The molecule has 0 saturated heterocycles. The quantitative estimate of drug-likeness (QED) is 0.142. The molecular weight excluding hydrogens is 435 g/mol. The molecule has 0 N–H and O–H groups in total. The number of unbranched alkanes of at least 4 members (excludes halogenated alkanes) is 6. The molecular formula is C24H50SiSn. The summed E-state index contributed by atoms with van der Waals surface area (Å²) in [4.78, 5) is 0. The molecule has 0 heterocycles. The van der Waals surface area contributed by atoms with Crippen molar-refractivity contribution in [1.82, 2.24) is 0 Å². The Morgan fingerprint density at radius 3 is 1.58 bits per heavy atom. The summed E-state index contributed by atoms with van der Waals surface area (Å²) in [5.41, 5.74) is 0. The van der Waals surface area contributed by atoms with Crippen molar-refractivity contribution in [3.05, 3.63) is 9.67 Å². The van der Waals surface area contributed by atoms with Gasteiger partial charge in [-0.15, -0.1) is 0 Å². The first kappa shape index (κ1) is 26.8. The van der Waals surface area contributed by atoms with Gasteiger partial charge in [0.2, 0.25) is 0 Å². The zero-order valence-corrected chi connectivity index (χ0v) is 23.3. The summed E-state index contributed by atoms with van der Waals surface area (Å²) < 4.78 is 2.77. The second-order valence-electron chi connectivity index (χ2n) is 9.68. The predicted molar refractivity (Wildman–Crippen MR) is 127 cm³/mol. The minimum atomic E-state index is -1.01. The minimum absolute atomic E-state index is 0.495. The molecule has 0 unspecified atom stereocenters. The molecule has 0 aliphatic rings. The molecule has 0 amide bonds. The van der Waals surface area contributed by atoms with Crippen molar-refractivity contribution >= 4 is 29.2 Å². The molecule has 2 radical (unpaired) electrons. The predicted octanol–water partition coefficient (Wildman–Crippen LogP) is 9.22. The molecule has 0 aromatic carbocycles. The number of hydrogen-bond donors (Lipinski definition) is 0. The second-order valence-corrected chi connectivity index (χ2v) is 20.7. The molecule has 0 nitrogen and oxygen atoms in total. The van der Waals surface area contributed by atoms with Crippen LogP contribution in [0, 0.1) is 0 Å². The van der Waals surface area contributed by atoms with Gasteiger partial charge in [-0.3, -0.25) is 0 Å². The van der Waals surface area contributed by atoms with Gasteiger partial charge in [0.05, 0.1) is 0 Å². The van der Waals surface area contributed by atoms with E-state index in [1.54, 1.807) is 0 Å². The van der Waals surface area contributed by atoms with Crippen molar-refractivity contribution in [2.75, 3.05) is 0 Å². The second kappa shape index (κ2) is 15.7. The molecule has 0 bridgehead atoms. The van der Waals surface area contributed by atoms with Crippen molar-refractivity contribution in [2.24, 2.45) is 0 Å². The van der Waals surface area contributed by atoms with Crippen molar-refractivity contribution in [3.8, 4) is 0 Å². The summed E-state index contributed by atoms with van der Waals surface area (Å²) in [5.74, 6) is 0. The van der Waals surface area contributed by atoms with Crippen molar-refractivity contribution in [3.63, 3.8) is 0 Å². The van der Waals surface area contributed by atoms with Crippen LogP contribution < -0.4 is 0 Å². The fourth-order valence-corrected chi connectivity index (χ4v) is 15.8. The molecule has 154 valence electrons. The average molecular weight is 485 g/mol. The van der Waals surface area contributed by atoms with Crippen LogP contribution in [0.15, 0.2) is 9.67 Å². The zero-order chi connectivity index (χ0) is 19.9. The van der Waals surface area contributed by atoms with Crippen LogP contribution in [-0.2, 0) is 0 Å². The Labute approximate surface area is 178 Å². The summed E-state index contributed by atoms with van der Waals surface area (Å²) in [6, 6.07) is 1.50. The maximum atomic E-state index is 2.76. The van der Waals surface area contributed by atoms with Crippen LogP contribution in [0.25, 0.3) is 0 Å². The van der Waals surface area contributed by atoms with Crippen LogP contribution in [0.1, 0.15) is 111 Å². The van der Waals surface area contributed by atoms with Gasteiger partial charge in [0.15, 0.2) is 0 Å². The van der Waals surface area contributed by atoms with E-state index in [-0.39, 0.29) is 0 Å². The van der Waals surface area contributed by atoms with E-state index in [2.05, 4.69) is 53.4 Å². The Balaban J connectivity index is 5.36. The standard InChI is InChI=1S/C13H27.C11H23Si.Sn/c1-4-7-10-13(11-8-5-2)12-9-6-3;1-5-6-7-8-9-10-11-12(2,3)4;/h4-12H2,1-3H3;9H,5-8,11H2,1-4H3;. The summed E-state index contributed by atoms with van der Waals surface area (Å²) in [6.45, 7) is 17.2. The molecule has 0 aromatic heterocycles. The van der Waals surface area contributed by atoms with Gasteiger partial charge >= 0.3 is 179 Å². The average Bonchev–Trinajstić information content (AvgIpc) is 2.58. The molecule has 0 atom stereocenters. The Hall–Kier alpha value is 0.756. The molecule has 0 saturated carbocycles. The Morgan fingerprint density at radius 1 is 0.731 bits per heavy atom. The molecule has 0 aliphatic heterocycles. The van der Waals surface area contributed by atoms with Crippen LogP contribution in [-0.4, -0.2) is 29.2 Å². The molecule has 26 heavy (non-hydrogen) atoms. The van der Waals surface area contributed by atoms with E-state index >= 15 is 0 Å². The molecule has 0 spiro atoms. The van der Waals surface area contributed by atoms with E-state index in [4.69, 9.17) is 0 Å². The Bertz CT molecular complexity index is 332. The molecule has 0 rings (SSSR count). The third-order valence-corrected chi connectivity index (χ3v) is 13.5. The first-order chi connectivity index (χ1) is 12.3. The van der Waals surface area contributed by atoms with Gasteiger partial charge in [-0.05, 0) is 0 Å². The fourth-order valence-electron chi connectivity index (χ4n) is 3.86. The van der Waals surface area contributed by atoms with Gasteiger partial charge in [0, 0.05) is 0 Å². The number of hydrogen-bond acceptors (Lipinski definition) is 0. The zero-order valence-electron chi connectivity index (χ0n) is 19.5. The third-order valence-electron chi connectivity index (χ3n) is 5.37. The Kier molecular flexibility index (Phi) is 16.1. The first-order valence-corrected chi connectivity index (χ1v) is 18.4. The van der Waals surface area contributed by atoms with Crippen LogP contribution in [0.5, 0.6) is 0 Å². The van der Waals surface area contributed by atoms with Crippen molar-refractivity contribution in [2.45, 2.75) is 140 Å². The number of rotatable bonds is 17. The van der Waals surface area contributed by atoms with Gasteiger partial charge < -0.3 is 0 Å². The summed E-state index contributed by atoms with van der Waals surface area (Å²) in [5, 5.41) is 0. The van der Waals surface area contributed by atoms with Crippen LogP contribution in [0.2, 0.25) is 29.1 Å². The number of allylic oxidation sites excluding steroid dienone is 2. The van der Waals surface area contributed by atoms with Gasteiger partial charge in [-0.25, -0.2) is 0 Å². The van der Waals surface area contributed by atoms with Crippen LogP contribution in [0.4, 0.5) is 0 Å². The van der Waals surface area contributed by atoms with Crippen molar-refractivity contribution in [1.29, 1.82) is 0 Å². The van der Waals surface area contributed by atoms with E-state index in [1.165, 1.54) is 89.5 Å². The monoisotopic (exact) mass is 486 g/mol. The van der Waals surface area contributed by atoms with E-state index < -0.39 is 29.2 Å². The topological polar surface area (TPSA) is 0 Å². The molecule has 2 heteroatoms. The maximum absolute atomic E-state index is 2.76. The van der Waals surface area contributed by atoms with E-state index in [0.29, 0.717) is 0 Å². The molecule has 0 fully saturated rings. The normalized spacial score (nSPS) is 13.4. The van der Waals surface area contributed by atoms with Crippen LogP contribution in [0.3, 0.4) is 0 Å². The fraction of sp³-hybridized carbons (Fsp3) is 0.917. The van der Waals surface area contributed by atoms with Crippen molar-refractivity contribution < 1.29 is 0 Å². The van der Waals surface area contributed by atoms with E-state index in [0.717, 1.165) is 3.43 Å². The van der Waals surface area contributed by atoms with Gasteiger partial charge in [0.1, 0.15) is 0 Å². The molecule has 0 aliphatic carbocycles. The van der Waals surface area contributed by atoms with Crippen LogP contribution >= 0.6 is 0 Å². The Morgan fingerprint density at radius 2 is 1.19 bits per heavy atom. The van der Waals surface area contributed by atoms with Gasteiger partial charge in [-0.1, -0.05) is 0 Å². The van der Waals surface area contributed by atoms with Gasteiger partial charge in [-0.2, -0.15) is 0 Å². The van der Waals surface area contributed by atoms with E-state index in [9.17, 15) is 0 Å². The third kappa shape index (κ3) is 13.9. The SMILES string of the molecule is CCCCC/C=[C](/C[Si](C)(C)C)[Sn][C](CCCC)(CCCC)CCCC. The summed E-state index contributed by atoms with van der Waals surface area (Å²) in [7, 11) is -1.01. The van der Waals surface area contributed by atoms with Gasteiger partial charge in [0.25, 0.3) is 0 Å².